The van der Waals surface area contributed by atoms with Gasteiger partial charge in [-0.15, -0.1) is 24.0 Å². The van der Waals surface area contributed by atoms with Gasteiger partial charge in [-0.2, -0.15) is 0 Å². The molecule has 0 amide bonds. The van der Waals surface area contributed by atoms with Crippen LogP contribution in [0, 0.1) is 0 Å². The summed E-state index contributed by atoms with van der Waals surface area (Å²) in [4.78, 5) is 4.66. The Morgan fingerprint density at radius 1 is 1.16 bits per heavy atom. The number of guanidine groups is 1. The Hall–Kier alpha value is -1.22. The third-order valence-electron chi connectivity index (χ3n) is 4.25. The number of aliphatic hydroxyl groups excluding tert-OH is 1. The Balaban J connectivity index is 0.00000312. The zero-order chi connectivity index (χ0) is 17.4. The van der Waals surface area contributed by atoms with Crippen LogP contribution in [0.15, 0.2) is 23.2 Å². The van der Waals surface area contributed by atoms with Crippen molar-refractivity contribution < 1.29 is 14.6 Å². The molecule has 0 aromatic heterocycles. The Labute approximate surface area is 167 Å². The Kier molecular flexibility index (Phi) is 9.96. The van der Waals surface area contributed by atoms with E-state index in [1.807, 2.05) is 18.2 Å². The number of hydrogen-bond acceptors (Lipinski definition) is 4. The fourth-order valence-electron chi connectivity index (χ4n) is 2.88. The van der Waals surface area contributed by atoms with Crippen molar-refractivity contribution in [3.63, 3.8) is 0 Å². The molecule has 1 fully saturated rings. The van der Waals surface area contributed by atoms with Gasteiger partial charge in [-0.3, -0.25) is 0 Å². The molecule has 0 saturated heterocycles. The van der Waals surface area contributed by atoms with Gasteiger partial charge in [-0.1, -0.05) is 6.07 Å². The molecule has 2 rings (SSSR count). The molecule has 0 spiro atoms. The van der Waals surface area contributed by atoms with Crippen LogP contribution in [0.1, 0.15) is 38.2 Å². The second-order valence-corrected chi connectivity index (χ2v) is 6.03. The number of halogens is 1. The molecule has 0 aliphatic heterocycles. The van der Waals surface area contributed by atoms with Gasteiger partial charge in [-0.25, -0.2) is 4.99 Å². The van der Waals surface area contributed by atoms with E-state index in [2.05, 4.69) is 22.5 Å². The summed E-state index contributed by atoms with van der Waals surface area (Å²) in [5.41, 5.74) is 1.06. The van der Waals surface area contributed by atoms with Crippen molar-refractivity contribution in [2.45, 2.75) is 51.3 Å². The number of aliphatic hydroxyl groups is 1. The molecule has 0 atom stereocenters. The monoisotopic (exact) mass is 463 g/mol. The zero-order valence-electron chi connectivity index (χ0n) is 15.2. The van der Waals surface area contributed by atoms with Crippen molar-refractivity contribution in [2.24, 2.45) is 4.99 Å². The fourth-order valence-corrected chi connectivity index (χ4v) is 2.88. The number of aliphatic imine (C=N–C) groups is 1. The zero-order valence-corrected chi connectivity index (χ0v) is 17.6. The maximum absolute atomic E-state index is 9.61. The number of hydrogen-bond donors (Lipinski definition) is 3. The third kappa shape index (κ3) is 6.89. The van der Waals surface area contributed by atoms with Crippen LogP contribution in [-0.4, -0.2) is 44.0 Å². The highest BCUT2D eigenvalue weighted by atomic mass is 127. The highest BCUT2D eigenvalue weighted by molar-refractivity contribution is 14.0. The van der Waals surface area contributed by atoms with Gasteiger partial charge in [0, 0.05) is 12.6 Å². The van der Waals surface area contributed by atoms with E-state index in [0.29, 0.717) is 18.3 Å². The lowest BCUT2D eigenvalue weighted by Crippen LogP contribution is -2.45. The summed E-state index contributed by atoms with van der Waals surface area (Å²) in [5, 5.41) is 16.4. The second-order valence-electron chi connectivity index (χ2n) is 6.03. The van der Waals surface area contributed by atoms with E-state index in [-0.39, 0.29) is 30.1 Å². The molecule has 0 unspecified atom stereocenters. The molecule has 6 nitrogen and oxygen atoms in total. The van der Waals surface area contributed by atoms with Gasteiger partial charge in [0.25, 0.3) is 0 Å². The van der Waals surface area contributed by atoms with Gasteiger partial charge in [0.05, 0.1) is 26.9 Å². The van der Waals surface area contributed by atoms with Gasteiger partial charge in [0.2, 0.25) is 0 Å². The largest absolute Gasteiger partial charge is 0.493 e. The highest BCUT2D eigenvalue weighted by Gasteiger charge is 2.19. The first kappa shape index (κ1) is 21.8. The minimum atomic E-state index is -0.144. The molecule has 1 aromatic rings. The van der Waals surface area contributed by atoms with Crippen molar-refractivity contribution in [2.75, 3.05) is 20.8 Å². The SMILES string of the molecule is CCNC(=NCc1ccc(OC)c(OC)c1)NC1CCC(O)CC1.I. The van der Waals surface area contributed by atoms with E-state index in [1.165, 1.54) is 0 Å². The van der Waals surface area contributed by atoms with Gasteiger partial charge >= 0.3 is 0 Å². The first-order chi connectivity index (χ1) is 11.7. The molecule has 0 radical (unpaired) electrons. The van der Waals surface area contributed by atoms with E-state index >= 15 is 0 Å². The van der Waals surface area contributed by atoms with Crippen LogP contribution in [-0.2, 0) is 6.54 Å². The number of nitrogens with zero attached hydrogens (tertiary/aromatic N) is 1. The minimum absolute atomic E-state index is 0. The maximum atomic E-state index is 9.61. The molecule has 1 aromatic carbocycles. The molecular weight excluding hydrogens is 433 g/mol. The van der Waals surface area contributed by atoms with Crippen LogP contribution in [0.2, 0.25) is 0 Å². The topological polar surface area (TPSA) is 75.1 Å². The Bertz CT molecular complexity index is 546. The van der Waals surface area contributed by atoms with Crippen molar-refractivity contribution >= 4 is 29.9 Å². The van der Waals surface area contributed by atoms with Crippen molar-refractivity contribution in [3.8, 4) is 11.5 Å². The van der Waals surface area contributed by atoms with E-state index in [4.69, 9.17) is 9.47 Å². The predicted octanol–water partition coefficient (Wildman–Crippen LogP) is 2.68. The molecule has 0 bridgehead atoms. The average Bonchev–Trinajstić information content (AvgIpc) is 2.61. The Morgan fingerprint density at radius 2 is 1.84 bits per heavy atom. The fraction of sp³-hybridized carbons (Fsp3) is 0.611. The van der Waals surface area contributed by atoms with Crippen molar-refractivity contribution in [3.05, 3.63) is 23.8 Å². The third-order valence-corrected chi connectivity index (χ3v) is 4.25. The lowest BCUT2D eigenvalue weighted by molar-refractivity contribution is 0.120. The van der Waals surface area contributed by atoms with Gasteiger partial charge in [0.15, 0.2) is 17.5 Å². The van der Waals surface area contributed by atoms with Crippen LogP contribution in [0.25, 0.3) is 0 Å². The summed E-state index contributed by atoms with van der Waals surface area (Å²) in [5.74, 6) is 2.24. The lowest BCUT2D eigenvalue weighted by Gasteiger charge is -2.27. The molecule has 1 aliphatic carbocycles. The van der Waals surface area contributed by atoms with Crippen LogP contribution >= 0.6 is 24.0 Å². The summed E-state index contributed by atoms with van der Waals surface area (Å²) < 4.78 is 10.6. The molecule has 3 N–H and O–H groups in total. The summed E-state index contributed by atoms with van der Waals surface area (Å²) >= 11 is 0. The highest BCUT2D eigenvalue weighted by Crippen LogP contribution is 2.27. The quantitative estimate of drug-likeness (QED) is 0.344. The summed E-state index contributed by atoms with van der Waals surface area (Å²) in [6.07, 6.45) is 3.51. The molecule has 1 saturated carbocycles. The summed E-state index contributed by atoms with van der Waals surface area (Å²) in [7, 11) is 3.26. The smallest absolute Gasteiger partial charge is 0.191 e. The summed E-state index contributed by atoms with van der Waals surface area (Å²) in [6.45, 7) is 3.43. The predicted molar refractivity (Wildman–Crippen MR) is 111 cm³/mol. The standard InChI is InChI=1S/C18H29N3O3.HI/c1-4-19-18(21-14-6-8-15(22)9-7-14)20-12-13-5-10-16(23-2)17(11-13)24-3;/h5,10-11,14-15,22H,4,6-9,12H2,1-3H3,(H2,19,20,21);1H. The number of methoxy groups -OCH3 is 2. The number of benzene rings is 1. The maximum Gasteiger partial charge on any atom is 0.191 e. The van der Waals surface area contributed by atoms with Crippen molar-refractivity contribution in [1.82, 2.24) is 10.6 Å². The van der Waals surface area contributed by atoms with Gasteiger partial charge in [-0.05, 0) is 50.3 Å². The first-order valence-corrected chi connectivity index (χ1v) is 8.60. The Morgan fingerprint density at radius 3 is 2.44 bits per heavy atom. The van der Waals surface area contributed by atoms with E-state index in [9.17, 15) is 5.11 Å². The number of rotatable bonds is 6. The molecular formula is C18H30IN3O3. The van der Waals surface area contributed by atoms with E-state index in [0.717, 1.165) is 49.5 Å². The second kappa shape index (κ2) is 11.4. The molecule has 7 heteroatoms. The average molecular weight is 463 g/mol. The minimum Gasteiger partial charge on any atom is -0.493 e. The van der Waals surface area contributed by atoms with Gasteiger partial charge < -0.3 is 25.2 Å². The van der Waals surface area contributed by atoms with Gasteiger partial charge in [0.1, 0.15) is 0 Å². The van der Waals surface area contributed by atoms with E-state index in [1.54, 1.807) is 14.2 Å². The van der Waals surface area contributed by atoms with Crippen molar-refractivity contribution in [1.29, 1.82) is 0 Å². The van der Waals surface area contributed by atoms with Crippen LogP contribution in [0.4, 0.5) is 0 Å². The molecule has 142 valence electrons. The number of nitrogens with one attached hydrogen (secondary N) is 2. The molecule has 1 aliphatic rings. The lowest BCUT2D eigenvalue weighted by atomic mass is 9.93. The summed E-state index contributed by atoms with van der Waals surface area (Å²) in [6, 6.07) is 6.21. The normalized spacial score (nSPS) is 20.4. The molecule has 25 heavy (non-hydrogen) atoms. The van der Waals surface area contributed by atoms with Crippen LogP contribution < -0.4 is 20.1 Å². The molecule has 0 heterocycles. The van der Waals surface area contributed by atoms with Crippen LogP contribution in [0.5, 0.6) is 11.5 Å². The van der Waals surface area contributed by atoms with E-state index < -0.39 is 0 Å². The first-order valence-electron chi connectivity index (χ1n) is 8.60. The van der Waals surface area contributed by atoms with Crippen LogP contribution in [0.3, 0.4) is 0 Å². The number of ether oxygens (including phenoxy) is 2.